The number of nitrogens with zero attached hydrogens (tertiary/aromatic N) is 3. The summed E-state index contributed by atoms with van der Waals surface area (Å²) in [7, 11) is 0. The Hall–Kier alpha value is -1.56. The number of hydrogen-bond donors (Lipinski definition) is 0. The van der Waals surface area contributed by atoms with Crippen molar-refractivity contribution in [1.82, 2.24) is 9.97 Å². The molecule has 0 unspecified atom stereocenters. The van der Waals surface area contributed by atoms with Crippen LogP contribution in [0.5, 0.6) is 5.75 Å². The fourth-order valence-electron chi connectivity index (χ4n) is 3.17. The minimum absolute atomic E-state index is 0.271. The highest BCUT2D eigenvalue weighted by Gasteiger charge is 2.27. The van der Waals surface area contributed by atoms with Gasteiger partial charge in [-0.2, -0.15) is 0 Å². The van der Waals surface area contributed by atoms with E-state index in [1.54, 1.807) is 18.3 Å². The van der Waals surface area contributed by atoms with Crippen molar-refractivity contribution in [3.8, 4) is 5.75 Å². The smallest absolute Gasteiger partial charge is 0.148 e. The molecule has 1 aromatic heterocycles. The molecular weight excluding hydrogens is 437 g/mol. The number of halogens is 3. The number of fused-ring (bicyclic) bond motifs is 1. The van der Waals surface area contributed by atoms with Gasteiger partial charge in [0.25, 0.3) is 0 Å². The van der Waals surface area contributed by atoms with E-state index in [4.69, 9.17) is 32.9 Å². The van der Waals surface area contributed by atoms with Gasteiger partial charge in [0.15, 0.2) is 0 Å². The van der Waals surface area contributed by atoms with Crippen molar-refractivity contribution in [3.05, 3.63) is 57.1 Å². The molecule has 1 fully saturated rings. The van der Waals surface area contributed by atoms with Crippen molar-refractivity contribution in [2.45, 2.75) is 18.9 Å². The van der Waals surface area contributed by atoms with Crippen LogP contribution >= 0.6 is 39.1 Å². The molecule has 0 N–H and O–H groups in total. The van der Waals surface area contributed by atoms with Crippen LogP contribution in [0.3, 0.4) is 0 Å². The van der Waals surface area contributed by atoms with Gasteiger partial charge in [0.05, 0.1) is 33.3 Å². The standard InChI is InChI=1S/C19H16BrCl2N3O/c20-12-3-5-14(6-4-12)26-11-13-2-1-7-25(13)19-10-23-17-8-15(21)16(22)9-18(17)24-19/h3-6,8-10,13H,1-2,7,11H2/t13-/m0/s1. The summed E-state index contributed by atoms with van der Waals surface area (Å²) in [6, 6.07) is 11.7. The van der Waals surface area contributed by atoms with E-state index in [1.807, 2.05) is 24.3 Å². The summed E-state index contributed by atoms with van der Waals surface area (Å²) in [4.78, 5) is 11.5. The average Bonchev–Trinajstić information content (AvgIpc) is 3.10. The van der Waals surface area contributed by atoms with Gasteiger partial charge in [0.2, 0.25) is 0 Å². The molecule has 2 heterocycles. The molecule has 1 aliphatic heterocycles. The van der Waals surface area contributed by atoms with Gasteiger partial charge in [-0.25, -0.2) is 4.98 Å². The van der Waals surface area contributed by atoms with Gasteiger partial charge in [-0.1, -0.05) is 39.1 Å². The van der Waals surface area contributed by atoms with E-state index in [0.29, 0.717) is 16.7 Å². The van der Waals surface area contributed by atoms with Crippen LogP contribution in [0.25, 0.3) is 11.0 Å². The first-order valence-corrected chi connectivity index (χ1v) is 9.92. The maximum Gasteiger partial charge on any atom is 0.148 e. The Kier molecular flexibility index (Phi) is 5.20. The molecule has 4 nitrogen and oxygen atoms in total. The van der Waals surface area contributed by atoms with Crippen LogP contribution in [-0.4, -0.2) is 29.2 Å². The topological polar surface area (TPSA) is 38.2 Å². The fourth-order valence-corrected chi connectivity index (χ4v) is 3.75. The lowest BCUT2D eigenvalue weighted by molar-refractivity contribution is 0.288. The van der Waals surface area contributed by atoms with Gasteiger partial charge in [-0.15, -0.1) is 0 Å². The van der Waals surface area contributed by atoms with Gasteiger partial charge in [-0.05, 0) is 49.2 Å². The molecule has 1 atom stereocenters. The Bertz CT molecular complexity index is 936. The van der Waals surface area contributed by atoms with Crippen LogP contribution in [0, 0.1) is 0 Å². The Morgan fingerprint density at radius 1 is 1.12 bits per heavy atom. The summed E-state index contributed by atoms with van der Waals surface area (Å²) in [6.07, 6.45) is 3.97. The first-order chi connectivity index (χ1) is 12.6. The molecule has 3 aromatic rings. The molecule has 0 radical (unpaired) electrons. The summed E-state index contributed by atoms with van der Waals surface area (Å²) in [5.74, 6) is 1.71. The lowest BCUT2D eigenvalue weighted by Gasteiger charge is -2.25. The number of anilines is 1. The lowest BCUT2D eigenvalue weighted by Crippen LogP contribution is -2.34. The molecule has 2 aromatic carbocycles. The molecule has 26 heavy (non-hydrogen) atoms. The van der Waals surface area contributed by atoms with Gasteiger partial charge >= 0.3 is 0 Å². The first-order valence-electron chi connectivity index (χ1n) is 8.37. The van der Waals surface area contributed by atoms with Crippen molar-refractivity contribution in [3.63, 3.8) is 0 Å². The molecule has 0 saturated carbocycles. The fraction of sp³-hybridized carbons (Fsp3) is 0.263. The Balaban J connectivity index is 1.53. The summed E-state index contributed by atoms with van der Waals surface area (Å²) in [5.41, 5.74) is 1.49. The highest BCUT2D eigenvalue weighted by molar-refractivity contribution is 9.10. The average molecular weight is 453 g/mol. The molecular formula is C19H16BrCl2N3O. The largest absolute Gasteiger partial charge is 0.491 e. The predicted octanol–water partition coefficient (Wildman–Crippen LogP) is 5.75. The zero-order chi connectivity index (χ0) is 18.1. The molecule has 0 bridgehead atoms. The number of hydrogen-bond acceptors (Lipinski definition) is 4. The Labute approximate surface area is 170 Å². The van der Waals surface area contributed by atoms with E-state index >= 15 is 0 Å². The number of ether oxygens (including phenoxy) is 1. The van der Waals surface area contributed by atoms with E-state index in [-0.39, 0.29) is 6.04 Å². The molecule has 0 aliphatic carbocycles. The van der Waals surface area contributed by atoms with E-state index in [9.17, 15) is 0 Å². The zero-order valence-corrected chi connectivity index (χ0v) is 16.9. The lowest BCUT2D eigenvalue weighted by atomic mass is 10.2. The van der Waals surface area contributed by atoms with E-state index in [1.165, 1.54) is 0 Å². The Morgan fingerprint density at radius 2 is 1.85 bits per heavy atom. The quantitative estimate of drug-likeness (QED) is 0.505. The van der Waals surface area contributed by atoms with Crippen LogP contribution in [0.4, 0.5) is 5.82 Å². The molecule has 134 valence electrons. The van der Waals surface area contributed by atoms with Crippen LogP contribution < -0.4 is 9.64 Å². The summed E-state index contributed by atoms with van der Waals surface area (Å²) in [6.45, 7) is 1.55. The third-order valence-electron chi connectivity index (χ3n) is 4.50. The number of benzene rings is 2. The Morgan fingerprint density at radius 3 is 2.62 bits per heavy atom. The third kappa shape index (κ3) is 3.75. The normalized spacial score (nSPS) is 17.0. The second kappa shape index (κ2) is 7.59. The van der Waals surface area contributed by atoms with Crippen molar-refractivity contribution in [1.29, 1.82) is 0 Å². The highest BCUT2D eigenvalue weighted by atomic mass is 79.9. The molecule has 1 aliphatic rings. The number of aromatic nitrogens is 2. The summed E-state index contributed by atoms with van der Waals surface area (Å²) in [5, 5.41) is 0.977. The second-order valence-corrected chi connectivity index (χ2v) is 7.97. The highest BCUT2D eigenvalue weighted by Crippen LogP contribution is 2.29. The summed E-state index contributed by atoms with van der Waals surface area (Å²) >= 11 is 15.6. The molecule has 0 amide bonds. The first kappa shape index (κ1) is 17.8. The van der Waals surface area contributed by atoms with Gasteiger partial charge in [0, 0.05) is 11.0 Å². The van der Waals surface area contributed by atoms with E-state index in [0.717, 1.165) is 46.5 Å². The second-order valence-electron chi connectivity index (χ2n) is 6.24. The molecule has 4 rings (SSSR count). The number of rotatable bonds is 4. The van der Waals surface area contributed by atoms with Crippen molar-refractivity contribution >= 4 is 56.0 Å². The van der Waals surface area contributed by atoms with Crippen LogP contribution in [0.15, 0.2) is 47.1 Å². The van der Waals surface area contributed by atoms with E-state index < -0.39 is 0 Å². The van der Waals surface area contributed by atoms with Crippen LogP contribution in [0.1, 0.15) is 12.8 Å². The maximum absolute atomic E-state index is 6.12. The SMILES string of the molecule is Clc1cc2ncc(N3CCC[C@H]3COc3ccc(Br)cc3)nc2cc1Cl. The molecule has 0 spiro atoms. The third-order valence-corrected chi connectivity index (χ3v) is 5.75. The van der Waals surface area contributed by atoms with Crippen molar-refractivity contribution in [2.24, 2.45) is 0 Å². The van der Waals surface area contributed by atoms with Crippen LogP contribution in [-0.2, 0) is 0 Å². The molecule has 7 heteroatoms. The van der Waals surface area contributed by atoms with Gasteiger partial charge in [0.1, 0.15) is 18.2 Å². The van der Waals surface area contributed by atoms with Gasteiger partial charge < -0.3 is 9.64 Å². The minimum atomic E-state index is 0.271. The monoisotopic (exact) mass is 451 g/mol. The van der Waals surface area contributed by atoms with Crippen molar-refractivity contribution in [2.75, 3.05) is 18.1 Å². The van der Waals surface area contributed by atoms with Gasteiger partial charge in [-0.3, -0.25) is 4.98 Å². The minimum Gasteiger partial charge on any atom is -0.491 e. The summed E-state index contributed by atoms with van der Waals surface area (Å²) < 4.78 is 7.01. The maximum atomic E-state index is 6.12. The van der Waals surface area contributed by atoms with Crippen molar-refractivity contribution < 1.29 is 4.74 Å². The van der Waals surface area contributed by atoms with Crippen LogP contribution in [0.2, 0.25) is 10.0 Å². The predicted molar refractivity (Wildman–Crippen MR) is 110 cm³/mol. The molecule has 1 saturated heterocycles. The van der Waals surface area contributed by atoms with E-state index in [2.05, 4.69) is 25.8 Å². The zero-order valence-electron chi connectivity index (χ0n) is 13.8.